The molecule has 0 aliphatic carbocycles. The molecule has 0 aliphatic heterocycles. The van der Waals surface area contributed by atoms with Gasteiger partial charge in [-0.05, 0) is 38.0 Å². The van der Waals surface area contributed by atoms with Crippen LogP contribution in [0.25, 0.3) is 5.82 Å². The van der Waals surface area contributed by atoms with Crippen molar-refractivity contribution in [3.05, 3.63) is 77.2 Å². The summed E-state index contributed by atoms with van der Waals surface area (Å²) in [5.74, 6) is 0.596. The van der Waals surface area contributed by atoms with Crippen molar-refractivity contribution in [2.45, 2.75) is 32.7 Å². The van der Waals surface area contributed by atoms with E-state index in [2.05, 4.69) is 15.4 Å². The molecule has 0 saturated carbocycles. The lowest BCUT2D eigenvalue weighted by molar-refractivity contribution is -0.121. The first kappa shape index (κ1) is 18.8. The van der Waals surface area contributed by atoms with Crippen molar-refractivity contribution in [1.82, 2.24) is 20.1 Å². The smallest absolute Gasteiger partial charge is 0.224 e. The number of aliphatic hydroxyl groups excluding tert-OH is 1. The Morgan fingerprint density at radius 3 is 2.56 bits per heavy atom. The highest BCUT2D eigenvalue weighted by Gasteiger charge is 2.18. The Balaban J connectivity index is 1.69. The number of aliphatic hydroxyl groups is 1. The second-order valence-electron chi connectivity index (χ2n) is 6.56. The summed E-state index contributed by atoms with van der Waals surface area (Å²) in [4.78, 5) is 16.9. The molecule has 1 aromatic carbocycles. The highest BCUT2D eigenvalue weighted by atomic mass is 16.3. The van der Waals surface area contributed by atoms with Gasteiger partial charge >= 0.3 is 0 Å². The normalized spacial score (nSPS) is 12.0. The van der Waals surface area contributed by atoms with Crippen LogP contribution in [0.1, 0.15) is 22.5 Å². The number of aromatic nitrogens is 3. The molecule has 0 saturated heterocycles. The van der Waals surface area contributed by atoms with E-state index in [1.165, 1.54) is 0 Å². The second-order valence-corrected chi connectivity index (χ2v) is 6.56. The van der Waals surface area contributed by atoms with Gasteiger partial charge in [0.15, 0.2) is 5.82 Å². The molecule has 3 rings (SSSR count). The van der Waals surface area contributed by atoms with E-state index in [4.69, 9.17) is 0 Å². The first-order valence-electron chi connectivity index (χ1n) is 8.99. The highest BCUT2D eigenvalue weighted by molar-refractivity contribution is 5.79. The number of carbonyl (C=O) groups is 1. The summed E-state index contributed by atoms with van der Waals surface area (Å²) in [6, 6.07) is 15.1. The molecule has 2 N–H and O–H groups in total. The first-order chi connectivity index (χ1) is 13.1. The third-order valence-electron chi connectivity index (χ3n) is 4.56. The molecule has 0 radical (unpaired) electrons. The predicted molar refractivity (Wildman–Crippen MR) is 104 cm³/mol. The van der Waals surface area contributed by atoms with E-state index in [0.717, 1.165) is 28.3 Å². The molecule has 1 atom stereocenters. The van der Waals surface area contributed by atoms with Gasteiger partial charge in [-0.15, -0.1) is 0 Å². The molecule has 1 amide bonds. The van der Waals surface area contributed by atoms with Crippen molar-refractivity contribution >= 4 is 5.91 Å². The molecule has 0 aliphatic rings. The van der Waals surface area contributed by atoms with Crippen molar-refractivity contribution in [3.8, 4) is 5.82 Å². The first-order valence-corrected chi connectivity index (χ1v) is 8.99. The molecular weight excluding hydrogens is 340 g/mol. The fourth-order valence-electron chi connectivity index (χ4n) is 3.13. The Kier molecular flexibility index (Phi) is 5.98. The van der Waals surface area contributed by atoms with Crippen molar-refractivity contribution in [2.75, 3.05) is 6.61 Å². The fourth-order valence-corrected chi connectivity index (χ4v) is 3.13. The maximum atomic E-state index is 12.5. The number of carbonyl (C=O) groups excluding carboxylic acids is 1. The van der Waals surface area contributed by atoms with Gasteiger partial charge in [-0.25, -0.2) is 9.67 Å². The van der Waals surface area contributed by atoms with Gasteiger partial charge in [0.05, 0.1) is 24.8 Å². The molecule has 140 valence electrons. The number of hydrogen-bond acceptors (Lipinski definition) is 4. The van der Waals surface area contributed by atoms with Gasteiger partial charge in [-0.3, -0.25) is 4.79 Å². The van der Waals surface area contributed by atoms with Crippen LogP contribution < -0.4 is 5.32 Å². The Hall–Kier alpha value is -2.99. The van der Waals surface area contributed by atoms with Crippen LogP contribution in [-0.2, 0) is 17.6 Å². The highest BCUT2D eigenvalue weighted by Crippen LogP contribution is 2.17. The molecule has 2 heterocycles. The van der Waals surface area contributed by atoms with Gasteiger partial charge in [0.1, 0.15) is 0 Å². The van der Waals surface area contributed by atoms with E-state index >= 15 is 0 Å². The Labute approximate surface area is 158 Å². The minimum atomic E-state index is -0.314. The lowest BCUT2D eigenvalue weighted by Crippen LogP contribution is -2.40. The molecule has 6 heteroatoms. The minimum Gasteiger partial charge on any atom is -0.394 e. The molecule has 3 aromatic rings. The van der Waals surface area contributed by atoms with Crippen LogP contribution in [0.2, 0.25) is 0 Å². The molecule has 6 nitrogen and oxygen atoms in total. The quantitative estimate of drug-likeness (QED) is 0.673. The third kappa shape index (κ3) is 4.60. The standard InChI is InChI=1S/C21H24N4O2/c1-15-19(16(2)25(24-15)20-10-6-7-11-22-20)13-21(27)23-18(14-26)12-17-8-4-3-5-9-17/h3-11,18,26H,12-14H2,1-2H3,(H,23,27)/t18-/m0/s1. The number of hydrogen-bond donors (Lipinski definition) is 2. The van der Waals surface area contributed by atoms with Crippen molar-refractivity contribution in [1.29, 1.82) is 0 Å². The monoisotopic (exact) mass is 364 g/mol. The average molecular weight is 364 g/mol. The number of amides is 1. The van der Waals surface area contributed by atoms with Crippen LogP contribution in [0.4, 0.5) is 0 Å². The third-order valence-corrected chi connectivity index (χ3v) is 4.56. The molecule has 0 fully saturated rings. The van der Waals surface area contributed by atoms with E-state index < -0.39 is 0 Å². The van der Waals surface area contributed by atoms with Gasteiger partial charge in [0, 0.05) is 17.5 Å². The number of aryl methyl sites for hydroxylation is 1. The zero-order valence-corrected chi connectivity index (χ0v) is 15.6. The zero-order chi connectivity index (χ0) is 19.2. The summed E-state index contributed by atoms with van der Waals surface area (Å²) in [5.41, 5.74) is 3.66. The van der Waals surface area contributed by atoms with Crippen LogP contribution in [-0.4, -0.2) is 38.4 Å². The number of benzene rings is 1. The summed E-state index contributed by atoms with van der Waals surface area (Å²) in [5, 5.41) is 17.1. The number of nitrogens with zero attached hydrogens (tertiary/aromatic N) is 3. The largest absolute Gasteiger partial charge is 0.394 e. The molecular formula is C21H24N4O2. The van der Waals surface area contributed by atoms with E-state index in [1.807, 2.05) is 62.4 Å². The lowest BCUT2D eigenvalue weighted by Gasteiger charge is -2.16. The number of pyridine rings is 1. The maximum absolute atomic E-state index is 12.5. The lowest BCUT2D eigenvalue weighted by atomic mass is 10.1. The molecule has 27 heavy (non-hydrogen) atoms. The summed E-state index contributed by atoms with van der Waals surface area (Å²) >= 11 is 0. The van der Waals surface area contributed by atoms with Crippen LogP contribution in [0, 0.1) is 13.8 Å². The number of nitrogens with one attached hydrogen (secondary N) is 1. The second kappa shape index (κ2) is 8.60. The number of rotatable bonds is 7. The summed E-state index contributed by atoms with van der Waals surface area (Å²) < 4.78 is 1.76. The van der Waals surface area contributed by atoms with Crippen molar-refractivity contribution in [2.24, 2.45) is 0 Å². The van der Waals surface area contributed by atoms with Crippen LogP contribution in [0.15, 0.2) is 54.7 Å². The van der Waals surface area contributed by atoms with Gasteiger partial charge in [-0.2, -0.15) is 5.10 Å². The molecule has 0 unspecified atom stereocenters. The molecule has 0 spiro atoms. The predicted octanol–water partition coefficient (Wildman–Crippen LogP) is 2.15. The molecule has 0 bridgehead atoms. The Bertz CT molecular complexity index is 891. The van der Waals surface area contributed by atoms with Crippen molar-refractivity contribution < 1.29 is 9.90 Å². The minimum absolute atomic E-state index is 0.105. The van der Waals surface area contributed by atoms with Gasteiger partial charge < -0.3 is 10.4 Å². The SMILES string of the molecule is Cc1nn(-c2ccccn2)c(C)c1CC(=O)N[C@H](CO)Cc1ccccc1. The van der Waals surface area contributed by atoms with Crippen LogP contribution in [0.3, 0.4) is 0 Å². The van der Waals surface area contributed by atoms with Crippen LogP contribution in [0.5, 0.6) is 0 Å². The Morgan fingerprint density at radius 2 is 1.89 bits per heavy atom. The summed E-state index contributed by atoms with van der Waals surface area (Å²) in [6.07, 6.45) is 2.53. The van der Waals surface area contributed by atoms with E-state index in [-0.39, 0.29) is 25.0 Å². The summed E-state index contributed by atoms with van der Waals surface area (Å²) in [7, 11) is 0. The van der Waals surface area contributed by atoms with Gasteiger partial charge in [0.25, 0.3) is 0 Å². The topological polar surface area (TPSA) is 80.0 Å². The van der Waals surface area contributed by atoms with Gasteiger partial charge in [0.2, 0.25) is 5.91 Å². The zero-order valence-electron chi connectivity index (χ0n) is 15.6. The van der Waals surface area contributed by atoms with E-state index in [1.54, 1.807) is 10.9 Å². The maximum Gasteiger partial charge on any atom is 0.224 e. The van der Waals surface area contributed by atoms with E-state index in [9.17, 15) is 9.90 Å². The van der Waals surface area contributed by atoms with E-state index in [0.29, 0.717) is 6.42 Å². The van der Waals surface area contributed by atoms with Gasteiger partial charge in [-0.1, -0.05) is 36.4 Å². The average Bonchev–Trinajstić information content (AvgIpc) is 2.97. The fraction of sp³-hybridized carbons (Fsp3) is 0.286. The Morgan fingerprint density at radius 1 is 1.15 bits per heavy atom. The summed E-state index contributed by atoms with van der Waals surface area (Å²) in [6.45, 7) is 3.72. The van der Waals surface area contributed by atoms with Crippen molar-refractivity contribution in [3.63, 3.8) is 0 Å². The molecule has 2 aromatic heterocycles. The van der Waals surface area contributed by atoms with Crippen LogP contribution >= 0.6 is 0 Å².